The van der Waals surface area contributed by atoms with E-state index in [0.29, 0.717) is 46.3 Å². The van der Waals surface area contributed by atoms with Crippen molar-refractivity contribution in [2.45, 2.75) is 48.3 Å². The van der Waals surface area contributed by atoms with Gasteiger partial charge in [-0.3, -0.25) is 14.5 Å². The molecule has 2 amide bonds. The summed E-state index contributed by atoms with van der Waals surface area (Å²) in [6, 6.07) is 4.55. The van der Waals surface area contributed by atoms with E-state index in [1.165, 1.54) is 39.8 Å². The molecule has 4 unspecified atom stereocenters. The van der Waals surface area contributed by atoms with E-state index in [0.717, 1.165) is 36.1 Å². The summed E-state index contributed by atoms with van der Waals surface area (Å²) in [5.74, 6) is 0.0909. The topological polar surface area (TPSA) is 166 Å². The number of allylic oxidation sites excluding steroid dienone is 1. The SMILES string of the molecule is C#CC(O/N=C\C(=O)NC1C(=O)N2C(C(=O)O)=C(CSc3cc[n+](CC=C)c4cc(N5CCNCC5CC)c(F)cc34)CSC12)c1csc(N)n1. The fourth-order valence-electron chi connectivity index (χ4n) is 6.28. The van der Waals surface area contributed by atoms with Crippen molar-refractivity contribution in [2.24, 2.45) is 5.16 Å². The van der Waals surface area contributed by atoms with Crippen LogP contribution in [-0.4, -0.2) is 87.6 Å². The predicted molar refractivity (Wildman–Crippen MR) is 197 cm³/mol. The number of oxime groups is 1. The van der Waals surface area contributed by atoms with E-state index in [1.54, 1.807) is 17.5 Å². The van der Waals surface area contributed by atoms with Crippen molar-refractivity contribution in [3.8, 4) is 12.3 Å². The average molecular weight is 752 g/mol. The molecular formula is C34H36FN8O5S3+. The summed E-state index contributed by atoms with van der Waals surface area (Å²) >= 11 is 3.91. The Morgan fingerprint density at radius 1 is 1.45 bits per heavy atom. The summed E-state index contributed by atoms with van der Waals surface area (Å²) in [5.41, 5.74) is 7.82. The fourth-order valence-corrected chi connectivity index (χ4v) is 9.38. The number of rotatable bonds is 13. The second kappa shape index (κ2) is 15.7. The molecule has 3 aliphatic heterocycles. The minimum atomic E-state index is -1.24. The molecule has 3 aromatic rings. The number of carbonyl (C=O) groups excluding carboxylic acids is 2. The third-order valence-corrected chi connectivity index (χ3v) is 11.9. The summed E-state index contributed by atoms with van der Waals surface area (Å²) in [7, 11) is 0. The summed E-state index contributed by atoms with van der Waals surface area (Å²) in [4.78, 5) is 51.6. The van der Waals surface area contributed by atoms with E-state index in [2.05, 4.69) is 45.1 Å². The summed E-state index contributed by atoms with van der Waals surface area (Å²) in [5, 5.41) is 21.8. The van der Waals surface area contributed by atoms with Crippen molar-refractivity contribution in [1.82, 2.24) is 20.5 Å². The third kappa shape index (κ3) is 7.40. The van der Waals surface area contributed by atoms with Gasteiger partial charge >= 0.3 is 5.97 Å². The van der Waals surface area contributed by atoms with E-state index < -0.39 is 35.3 Å². The number of nitrogen functional groups attached to an aromatic ring is 1. The number of thiazole rings is 1. The molecule has 3 aliphatic rings. The Kier molecular flexibility index (Phi) is 11.2. The van der Waals surface area contributed by atoms with Gasteiger partial charge in [-0.05, 0) is 24.1 Å². The molecule has 266 valence electrons. The highest BCUT2D eigenvalue weighted by molar-refractivity contribution is 8.01. The number of aromatic nitrogens is 2. The van der Waals surface area contributed by atoms with E-state index in [9.17, 15) is 19.5 Å². The molecule has 17 heteroatoms. The molecule has 5 N–H and O–H groups in total. The molecule has 0 spiro atoms. The first kappa shape index (κ1) is 36.2. The molecular weight excluding hydrogens is 716 g/mol. The van der Waals surface area contributed by atoms with Crippen LogP contribution in [0.5, 0.6) is 0 Å². The highest BCUT2D eigenvalue weighted by Gasteiger charge is 2.54. The number of nitrogens with zero attached hydrogens (tertiary/aromatic N) is 5. The Morgan fingerprint density at radius 2 is 2.27 bits per heavy atom. The number of nitrogens with one attached hydrogen (secondary N) is 2. The van der Waals surface area contributed by atoms with Crippen molar-refractivity contribution < 1.29 is 33.3 Å². The van der Waals surface area contributed by atoms with Gasteiger partial charge in [0.15, 0.2) is 17.9 Å². The van der Waals surface area contributed by atoms with Crippen LogP contribution in [0.1, 0.15) is 25.1 Å². The van der Waals surface area contributed by atoms with E-state index >= 15 is 4.39 Å². The Labute approximate surface area is 306 Å². The van der Waals surface area contributed by atoms with E-state index in [4.69, 9.17) is 17.0 Å². The number of carboxylic acids is 1. The number of nitrogens with two attached hydrogens (primary N) is 1. The number of amides is 2. The molecule has 2 aromatic heterocycles. The van der Waals surface area contributed by atoms with Gasteiger partial charge < -0.3 is 31.2 Å². The number of β-lactam (4-membered cyclic amide) rings is 1. The number of fused-ring (bicyclic) bond motifs is 2. The Balaban J connectivity index is 1.17. The zero-order chi connectivity index (χ0) is 36.2. The lowest BCUT2D eigenvalue weighted by Gasteiger charge is -2.49. The minimum absolute atomic E-state index is 0.113. The van der Waals surface area contributed by atoms with Crippen LogP contribution in [0.2, 0.25) is 0 Å². The highest BCUT2D eigenvalue weighted by Crippen LogP contribution is 2.42. The minimum Gasteiger partial charge on any atom is -0.477 e. The van der Waals surface area contributed by atoms with Crippen LogP contribution in [0.3, 0.4) is 0 Å². The molecule has 6 rings (SSSR count). The normalized spacial score (nSPS) is 20.9. The summed E-state index contributed by atoms with van der Waals surface area (Å²) < 4.78 is 17.9. The molecule has 0 radical (unpaired) electrons. The molecule has 2 saturated heterocycles. The average Bonchev–Trinajstić information content (AvgIpc) is 3.57. The number of thioether (sulfide) groups is 2. The quantitative estimate of drug-likeness (QED) is 0.0386. The molecule has 2 fully saturated rings. The highest BCUT2D eigenvalue weighted by atomic mass is 32.2. The van der Waals surface area contributed by atoms with Crippen LogP contribution in [0, 0.1) is 18.2 Å². The third-order valence-electron chi connectivity index (χ3n) is 8.75. The van der Waals surface area contributed by atoms with Gasteiger partial charge in [0.25, 0.3) is 11.8 Å². The maximum atomic E-state index is 15.8. The predicted octanol–water partition coefficient (Wildman–Crippen LogP) is 2.89. The first-order chi connectivity index (χ1) is 24.6. The number of benzene rings is 1. The van der Waals surface area contributed by atoms with Crippen LogP contribution >= 0.6 is 34.9 Å². The Hall–Kier alpha value is -4.63. The molecule has 0 aliphatic carbocycles. The Morgan fingerprint density at radius 3 is 2.98 bits per heavy atom. The standard InChI is InChI=1S/C34H35FN8O5S3/c1-4-9-41-10-7-27(21-12-22(35)25(13-24(21)41)42-11-8-37-14-20(42)5-2)49-16-19-17-50-32-29(31(45)43(32)30(19)33(46)47)40-28(44)15-38-48-26(6-3)23-18-51-34(36)39-23/h3-4,7,10,12-13,15,18,20,26,29,32,37H,1,5,8-9,11,14,16-17H2,2H3,(H3-,36,39,40,44,46,47)/p+1/b38-15-. The summed E-state index contributed by atoms with van der Waals surface area (Å²) in [6.45, 7) is 8.75. The zero-order valence-corrected chi connectivity index (χ0v) is 30.0. The number of pyridine rings is 1. The fraction of sp³-hybridized carbons (Fsp3) is 0.353. The van der Waals surface area contributed by atoms with Gasteiger partial charge in [-0.2, -0.15) is 4.57 Å². The Bertz CT molecular complexity index is 1980. The van der Waals surface area contributed by atoms with Crippen molar-refractivity contribution in [2.75, 3.05) is 41.8 Å². The van der Waals surface area contributed by atoms with Crippen LogP contribution in [-0.2, 0) is 25.8 Å². The second-order valence-corrected chi connectivity index (χ2v) is 14.9. The smallest absolute Gasteiger partial charge is 0.352 e. The number of anilines is 2. The maximum absolute atomic E-state index is 15.8. The van der Waals surface area contributed by atoms with Crippen LogP contribution < -0.4 is 25.8 Å². The van der Waals surface area contributed by atoms with E-state index in [-0.39, 0.29) is 23.3 Å². The number of carboxylic acid groups (broad SMARTS) is 1. The van der Waals surface area contributed by atoms with Crippen molar-refractivity contribution in [3.05, 3.63) is 65.2 Å². The van der Waals surface area contributed by atoms with E-state index in [1.807, 2.05) is 22.9 Å². The zero-order valence-electron chi connectivity index (χ0n) is 27.6. The molecule has 5 heterocycles. The van der Waals surface area contributed by atoms with Gasteiger partial charge in [0.1, 0.15) is 34.8 Å². The number of carbonyl (C=O) groups is 3. The monoisotopic (exact) mass is 751 g/mol. The lowest BCUT2D eigenvalue weighted by molar-refractivity contribution is -0.661. The molecule has 0 saturated carbocycles. The second-order valence-electron chi connectivity index (χ2n) is 11.8. The van der Waals surface area contributed by atoms with Crippen molar-refractivity contribution in [1.29, 1.82) is 0 Å². The first-order valence-corrected chi connectivity index (χ1v) is 19.0. The van der Waals surface area contributed by atoms with Crippen LogP contribution in [0.15, 0.2) is 63.8 Å². The van der Waals surface area contributed by atoms with Gasteiger partial charge in [0.2, 0.25) is 11.6 Å². The van der Waals surface area contributed by atoms with Crippen LogP contribution in [0.4, 0.5) is 15.2 Å². The first-order valence-electron chi connectivity index (χ1n) is 16.1. The van der Waals surface area contributed by atoms with Crippen molar-refractivity contribution >= 4 is 80.6 Å². The number of terminal acetylenes is 1. The number of hydrogen-bond donors (Lipinski definition) is 4. The molecule has 1 aromatic carbocycles. The number of halogens is 1. The lowest BCUT2D eigenvalue weighted by Crippen LogP contribution is -2.70. The van der Waals surface area contributed by atoms with Crippen molar-refractivity contribution in [3.63, 3.8) is 0 Å². The van der Waals surface area contributed by atoms with Gasteiger partial charge in [-0.1, -0.05) is 24.6 Å². The van der Waals surface area contributed by atoms with Gasteiger partial charge in [-0.25, -0.2) is 14.2 Å². The molecule has 51 heavy (non-hydrogen) atoms. The summed E-state index contributed by atoms with van der Waals surface area (Å²) in [6.07, 6.45) is 9.94. The number of aliphatic carboxylic acids is 1. The van der Waals surface area contributed by atoms with Gasteiger partial charge in [-0.15, -0.1) is 41.3 Å². The molecule has 0 bridgehead atoms. The molecule has 13 nitrogen and oxygen atoms in total. The van der Waals surface area contributed by atoms with Gasteiger partial charge in [0.05, 0.1) is 11.1 Å². The lowest BCUT2D eigenvalue weighted by atomic mass is 10.0. The van der Waals surface area contributed by atoms with Gasteiger partial charge in [0, 0.05) is 59.6 Å². The maximum Gasteiger partial charge on any atom is 0.352 e. The largest absolute Gasteiger partial charge is 0.477 e. The molecule has 4 atom stereocenters. The number of hydrogen-bond acceptors (Lipinski definition) is 12. The number of piperazine rings is 1. The van der Waals surface area contributed by atoms with Crippen LogP contribution in [0.25, 0.3) is 10.9 Å².